The molecular formula is H6AlCrSiZr. The van der Waals surface area contributed by atoms with Crippen LogP contribution in [0.3, 0.4) is 0 Å². The van der Waals surface area contributed by atoms with Crippen LogP contribution in [0.1, 0.15) is 0 Å². The van der Waals surface area contributed by atoms with Gasteiger partial charge in [-0.15, -0.1) is 0 Å². The summed E-state index contributed by atoms with van der Waals surface area (Å²) in [6.45, 7) is 0. The predicted octanol–water partition coefficient (Wildman–Crippen LogP) is -2.37. The fourth-order valence-corrected chi connectivity index (χ4v) is 0. The van der Waals surface area contributed by atoms with Crippen molar-refractivity contribution in [3.8, 4) is 0 Å². The maximum Gasteiger partial charge on any atom is 0.187 e. The minimum atomic E-state index is 0. The maximum absolute atomic E-state index is 0. The van der Waals surface area contributed by atoms with E-state index in [2.05, 4.69) is 0 Å². The Morgan fingerprint density at radius 2 is 1.00 bits per heavy atom. The van der Waals surface area contributed by atoms with E-state index in [1.165, 1.54) is 0 Å². The van der Waals surface area contributed by atoms with Gasteiger partial charge in [0.25, 0.3) is 0 Å². The molecule has 0 saturated heterocycles. The Morgan fingerprint density at radius 3 is 1.00 bits per heavy atom. The molecule has 0 atom stereocenters. The summed E-state index contributed by atoms with van der Waals surface area (Å²) in [7, 11) is 0. The Bertz CT molecular complexity index is 8.00. The summed E-state index contributed by atoms with van der Waals surface area (Å²) in [6, 6.07) is 0. The number of rotatable bonds is 0. The molecule has 4 heavy (non-hydrogen) atoms. The van der Waals surface area contributed by atoms with Crippen molar-refractivity contribution in [1.82, 2.24) is 0 Å². The second-order valence-corrected chi connectivity index (χ2v) is 0. The van der Waals surface area contributed by atoms with Crippen LogP contribution >= 0.6 is 0 Å². The van der Waals surface area contributed by atoms with Crippen LogP contribution in [0.5, 0.6) is 0 Å². The van der Waals surface area contributed by atoms with Gasteiger partial charge in [-0.25, -0.2) is 0 Å². The molecule has 0 aromatic heterocycles. The van der Waals surface area contributed by atoms with Gasteiger partial charge in [0, 0.05) is 43.6 Å². The van der Waals surface area contributed by atoms with Crippen LogP contribution < -0.4 is 0 Å². The molecule has 0 unspecified atom stereocenters. The molecule has 0 spiro atoms. The molecule has 0 nitrogen and oxygen atoms in total. The molecular weight excluding hydrogens is 198 g/mol. The van der Waals surface area contributed by atoms with Crippen molar-refractivity contribution in [1.29, 1.82) is 0 Å². The van der Waals surface area contributed by atoms with E-state index in [9.17, 15) is 0 Å². The van der Waals surface area contributed by atoms with Gasteiger partial charge in [0.1, 0.15) is 0 Å². The first-order valence-corrected chi connectivity index (χ1v) is 0. The van der Waals surface area contributed by atoms with Crippen LogP contribution in [-0.2, 0) is 43.6 Å². The van der Waals surface area contributed by atoms with Crippen molar-refractivity contribution in [2.45, 2.75) is 0 Å². The second-order valence-electron chi connectivity index (χ2n) is 0. The van der Waals surface area contributed by atoms with Crippen LogP contribution in [0.2, 0.25) is 0 Å². The van der Waals surface area contributed by atoms with Crippen LogP contribution in [-0.4, -0.2) is 28.3 Å². The van der Waals surface area contributed by atoms with Gasteiger partial charge in [-0.3, -0.25) is 0 Å². The van der Waals surface area contributed by atoms with E-state index in [0.29, 0.717) is 0 Å². The summed E-state index contributed by atoms with van der Waals surface area (Å²) in [6.07, 6.45) is 0. The summed E-state index contributed by atoms with van der Waals surface area (Å²) in [4.78, 5) is 0. The minimum absolute atomic E-state index is 0. The Kier molecular flexibility index (Phi) is 168. The van der Waals surface area contributed by atoms with E-state index in [0.717, 1.165) is 0 Å². The Labute approximate surface area is 71.1 Å². The Balaban J connectivity index is 0. The van der Waals surface area contributed by atoms with E-state index in [1.807, 2.05) is 0 Å². The van der Waals surface area contributed by atoms with Crippen molar-refractivity contribution in [3.05, 3.63) is 0 Å². The summed E-state index contributed by atoms with van der Waals surface area (Å²) in [5.74, 6) is 0. The number of hydrogen-bond acceptors (Lipinski definition) is 0. The molecule has 23 valence electrons. The van der Waals surface area contributed by atoms with Gasteiger partial charge in [-0.1, -0.05) is 0 Å². The van der Waals surface area contributed by atoms with Crippen LogP contribution in [0.15, 0.2) is 0 Å². The standard InChI is InChI=1S/Al.Cr.H3Si.Zr.3H/h;;1H3;;;;. The van der Waals surface area contributed by atoms with Crippen molar-refractivity contribution in [2.75, 3.05) is 0 Å². The summed E-state index contributed by atoms with van der Waals surface area (Å²) in [5.41, 5.74) is 0. The molecule has 0 heterocycles. The fraction of sp³-hybridized carbons (Fsp3) is 0. The minimum Gasteiger partial charge on any atom is -0.0125 e. The van der Waals surface area contributed by atoms with E-state index < -0.39 is 0 Å². The maximum atomic E-state index is 0. The summed E-state index contributed by atoms with van der Waals surface area (Å²) >= 11 is 0. The summed E-state index contributed by atoms with van der Waals surface area (Å²) in [5, 5.41) is 0. The Hall–Kier alpha value is 2.16. The number of hydrogen-bond donors (Lipinski definition) is 0. The Morgan fingerprint density at radius 1 is 1.00 bits per heavy atom. The van der Waals surface area contributed by atoms with Crippen LogP contribution in [0.25, 0.3) is 0 Å². The zero-order chi connectivity index (χ0) is 0. The van der Waals surface area contributed by atoms with Gasteiger partial charge >= 0.3 is 0 Å². The molecule has 0 saturated carbocycles. The molecule has 4 heteroatoms. The summed E-state index contributed by atoms with van der Waals surface area (Å²) < 4.78 is 0. The van der Waals surface area contributed by atoms with Gasteiger partial charge < -0.3 is 0 Å². The van der Waals surface area contributed by atoms with E-state index in [4.69, 9.17) is 0 Å². The third-order valence-electron chi connectivity index (χ3n) is 0. The second kappa shape index (κ2) is 19.1. The smallest absolute Gasteiger partial charge is 0.0125 e. The van der Waals surface area contributed by atoms with Gasteiger partial charge in [-0.2, -0.15) is 0 Å². The molecule has 0 N–H and O–H groups in total. The first-order valence-electron chi connectivity index (χ1n) is 0. The van der Waals surface area contributed by atoms with Crippen LogP contribution in [0.4, 0.5) is 0 Å². The zero-order valence-corrected chi connectivity index (χ0v) is 7.64. The molecule has 0 aliphatic carbocycles. The topological polar surface area (TPSA) is 0 Å². The third-order valence-corrected chi connectivity index (χ3v) is 0. The van der Waals surface area contributed by atoms with E-state index >= 15 is 0 Å². The molecule has 0 amide bonds. The molecule has 0 aliphatic rings. The molecule has 0 fully saturated rings. The van der Waals surface area contributed by atoms with Gasteiger partial charge in [0.15, 0.2) is 17.4 Å². The molecule has 1 radical (unpaired) electrons. The normalized spacial score (nSPS) is 0. The SMILES string of the molecule is [AlH3].[Cr].[SiH3].[Zr]. The largest absolute Gasteiger partial charge is 0.187 e. The third kappa shape index (κ3) is 8.90. The average Bonchev–Trinajstić information content (AvgIpc) is 0. The molecule has 0 aromatic carbocycles. The van der Waals surface area contributed by atoms with Gasteiger partial charge in [0.2, 0.25) is 0 Å². The predicted molar refractivity (Wildman–Crippen MR) is 19.9 cm³/mol. The van der Waals surface area contributed by atoms with Gasteiger partial charge in [-0.05, 0) is 11.0 Å². The van der Waals surface area contributed by atoms with E-state index in [-0.39, 0.29) is 71.9 Å². The van der Waals surface area contributed by atoms with E-state index in [1.54, 1.807) is 0 Å². The molecule has 0 bridgehead atoms. The van der Waals surface area contributed by atoms with Crippen molar-refractivity contribution in [3.63, 3.8) is 0 Å². The monoisotopic (exact) mass is 203 g/mol. The molecule has 0 aromatic rings. The van der Waals surface area contributed by atoms with Crippen LogP contribution in [0, 0.1) is 0 Å². The van der Waals surface area contributed by atoms with Gasteiger partial charge in [0.05, 0.1) is 0 Å². The zero-order valence-electron chi connectivity index (χ0n) is 1.91. The molecule has 0 aliphatic heterocycles. The fourth-order valence-electron chi connectivity index (χ4n) is 0. The van der Waals surface area contributed by atoms with Crippen molar-refractivity contribution < 1.29 is 43.6 Å². The quantitative estimate of drug-likeness (QED) is 0.387. The van der Waals surface area contributed by atoms with Crippen molar-refractivity contribution in [2.24, 2.45) is 0 Å². The first kappa shape index (κ1) is 35.1. The van der Waals surface area contributed by atoms with Crippen molar-refractivity contribution >= 4 is 28.3 Å². The first-order chi connectivity index (χ1) is 0. The average molecular weight is 204 g/mol. The molecule has 0 rings (SSSR count).